The maximum absolute atomic E-state index is 10.9. The quantitative estimate of drug-likeness (QED) is 0.554. The van der Waals surface area contributed by atoms with Gasteiger partial charge in [-0.25, -0.2) is 9.97 Å². The Balaban J connectivity index is 1.03. The van der Waals surface area contributed by atoms with Crippen LogP contribution in [0.4, 0.5) is 5.95 Å². The van der Waals surface area contributed by atoms with Gasteiger partial charge in [-0.05, 0) is 37.3 Å². The molecule has 0 spiro atoms. The van der Waals surface area contributed by atoms with E-state index in [2.05, 4.69) is 44.1 Å². The van der Waals surface area contributed by atoms with Crippen LogP contribution in [-0.2, 0) is 6.54 Å². The van der Waals surface area contributed by atoms with Crippen molar-refractivity contribution in [2.75, 3.05) is 37.6 Å². The minimum absolute atomic E-state index is 0.215. The average Bonchev–Trinajstić information content (AvgIpc) is 3.04. The summed E-state index contributed by atoms with van der Waals surface area (Å²) in [6.45, 7) is 5.61. The third kappa shape index (κ3) is 2.97. The van der Waals surface area contributed by atoms with Crippen LogP contribution in [0.15, 0.2) is 42.8 Å². The second-order valence-corrected chi connectivity index (χ2v) is 9.19. The highest BCUT2D eigenvalue weighted by Crippen LogP contribution is 2.61. The van der Waals surface area contributed by atoms with Crippen molar-refractivity contribution in [1.29, 1.82) is 0 Å². The molecule has 1 aliphatic heterocycles. The zero-order valence-corrected chi connectivity index (χ0v) is 17.6. The highest BCUT2D eigenvalue weighted by Gasteiger charge is 2.49. The molecule has 0 aromatic carbocycles. The van der Waals surface area contributed by atoms with Gasteiger partial charge in [0.1, 0.15) is 0 Å². The molecule has 2 N–H and O–H groups in total. The topological polar surface area (TPSA) is 77.7 Å². The zero-order chi connectivity index (χ0) is 20.9. The fraction of sp³-hybridized carbons (Fsp3) is 0.500. The van der Waals surface area contributed by atoms with Crippen molar-refractivity contribution < 1.29 is 10.2 Å². The van der Waals surface area contributed by atoms with Crippen LogP contribution in [0.1, 0.15) is 35.8 Å². The lowest BCUT2D eigenvalue weighted by molar-refractivity contribution is 0.248. The molecule has 3 heterocycles. The summed E-state index contributed by atoms with van der Waals surface area (Å²) in [6, 6.07) is 1.85. The molecule has 162 valence electrons. The van der Waals surface area contributed by atoms with Crippen LogP contribution in [0.3, 0.4) is 0 Å². The molecule has 4 aliphatic carbocycles. The molecule has 0 radical (unpaired) electrons. The lowest BCUT2D eigenvalue weighted by atomic mass is 9.56. The second kappa shape index (κ2) is 7.41. The van der Waals surface area contributed by atoms with Crippen molar-refractivity contribution in [3.63, 3.8) is 0 Å². The molecule has 0 amide bonds. The number of hydrogen-bond donors (Lipinski definition) is 2. The van der Waals surface area contributed by atoms with Gasteiger partial charge in [-0.2, -0.15) is 0 Å². The lowest BCUT2D eigenvalue weighted by Gasteiger charge is -2.47. The minimum Gasteiger partial charge on any atom is -0.494 e. The molecule has 2 bridgehead atoms. The van der Waals surface area contributed by atoms with Crippen molar-refractivity contribution >= 4 is 5.95 Å². The smallest absolute Gasteiger partial charge is 0.225 e. The first-order valence-electron chi connectivity index (χ1n) is 11.5. The van der Waals surface area contributed by atoms with E-state index in [1.165, 1.54) is 0 Å². The van der Waals surface area contributed by atoms with E-state index in [4.69, 9.17) is 0 Å². The standard InChI is InChI=1S/C24H29N5O2/c30-22-20-18-6-7-19(17-5-4-16(17)18)21(20)23(31)29(22)11-2-1-10-27-12-14-28(15-13-27)24-25-8-3-9-26-24/h3-9,16-19,30-31H,1-2,10-15H2/t16-,17+,18?,19?. The van der Waals surface area contributed by atoms with E-state index >= 15 is 0 Å². The van der Waals surface area contributed by atoms with Crippen molar-refractivity contribution in [2.45, 2.75) is 31.2 Å². The number of rotatable bonds is 6. The number of nitrogens with zero attached hydrogens (tertiary/aromatic N) is 5. The van der Waals surface area contributed by atoms with Gasteiger partial charge in [0.25, 0.3) is 0 Å². The SMILES string of the molecule is Oc1c2c(c(O)n1CCCCN1CCN(c3ncccn3)CC1)C1C=CC2[C@H]2C=C[C@@H]12. The Bertz CT molecular complexity index is 977. The number of allylic oxidation sites excluding steroid dienone is 4. The summed E-state index contributed by atoms with van der Waals surface area (Å²) >= 11 is 0. The molecule has 1 fully saturated rings. The van der Waals surface area contributed by atoms with Gasteiger partial charge < -0.3 is 15.1 Å². The molecule has 0 saturated carbocycles. The Morgan fingerprint density at radius 2 is 1.35 bits per heavy atom. The summed E-state index contributed by atoms with van der Waals surface area (Å²) in [5.41, 5.74) is 1.93. The number of unbranched alkanes of at least 4 members (excludes halogenated alkanes) is 1. The van der Waals surface area contributed by atoms with Crippen LogP contribution in [-0.4, -0.2) is 62.4 Å². The van der Waals surface area contributed by atoms with E-state index in [0.717, 1.165) is 62.6 Å². The molecule has 7 heteroatoms. The van der Waals surface area contributed by atoms with E-state index in [-0.39, 0.29) is 23.6 Å². The Kier molecular flexibility index (Phi) is 4.52. The van der Waals surface area contributed by atoms with Gasteiger partial charge in [0.15, 0.2) is 11.8 Å². The molecule has 5 aliphatic rings. The van der Waals surface area contributed by atoms with E-state index in [0.29, 0.717) is 18.4 Å². The van der Waals surface area contributed by atoms with Gasteiger partial charge >= 0.3 is 0 Å². The number of aromatic nitrogens is 3. The Morgan fingerprint density at radius 1 is 0.774 bits per heavy atom. The van der Waals surface area contributed by atoms with Crippen LogP contribution in [0.2, 0.25) is 0 Å². The fourth-order valence-electron chi connectivity index (χ4n) is 5.89. The Morgan fingerprint density at radius 3 is 1.94 bits per heavy atom. The van der Waals surface area contributed by atoms with Crippen LogP contribution < -0.4 is 4.90 Å². The Labute approximate surface area is 182 Å². The highest BCUT2D eigenvalue weighted by atomic mass is 16.3. The van der Waals surface area contributed by atoms with Gasteiger partial charge in [0.05, 0.1) is 0 Å². The maximum Gasteiger partial charge on any atom is 0.225 e. The third-order valence-electron chi connectivity index (χ3n) is 7.62. The largest absolute Gasteiger partial charge is 0.494 e. The zero-order valence-electron chi connectivity index (χ0n) is 17.6. The Hall–Kier alpha value is -2.80. The molecule has 2 unspecified atom stereocenters. The van der Waals surface area contributed by atoms with Gasteiger partial charge in [-0.3, -0.25) is 9.47 Å². The number of hydrogen-bond acceptors (Lipinski definition) is 6. The first kappa shape index (κ1) is 18.9. The summed E-state index contributed by atoms with van der Waals surface area (Å²) in [5.74, 6) is 2.78. The summed E-state index contributed by atoms with van der Waals surface area (Å²) in [6.07, 6.45) is 14.5. The predicted octanol–water partition coefficient (Wildman–Crippen LogP) is 2.84. The van der Waals surface area contributed by atoms with E-state index < -0.39 is 0 Å². The molecule has 7 nitrogen and oxygen atoms in total. The normalized spacial score (nSPS) is 28.5. The predicted molar refractivity (Wildman–Crippen MR) is 118 cm³/mol. The molecular formula is C24H29N5O2. The lowest BCUT2D eigenvalue weighted by Crippen LogP contribution is -2.47. The molecular weight excluding hydrogens is 390 g/mol. The van der Waals surface area contributed by atoms with Gasteiger partial charge in [0, 0.05) is 68.1 Å². The molecule has 2 aromatic heterocycles. The number of aromatic hydroxyl groups is 2. The fourth-order valence-corrected chi connectivity index (χ4v) is 5.89. The minimum atomic E-state index is 0.215. The summed E-state index contributed by atoms with van der Waals surface area (Å²) in [5, 5.41) is 21.8. The van der Waals surface area contributed by atoms with E-state index in [1.54, 1.807) is 17.0 Å². The summed E-state index contributed by atoms with van der Waals surface area (Å²) in [7, 11) is 0. The third-order valence-corrected chi connectivity index (χ3v) is 7.62. The summed E-state index contributed by atoms with van der Waals surface area (Å²) < 4.78 is 1.74. The first-order chi connectivity index (χ1) is 15.2. The van der Waals surface area contributed by atoms with Crippen LogP contribution in [0.5, 0.6) is 11.8 Å². The van der Waals surface area contributed by atoms with Crippen molar-refractivity contribution in [1.82, 2.24) is 19.4 Å². The second-order valence-electron chi connectivity index (χ2n) is 9.19. The molecule has 1 saturated heterocycles. The molecule has 31 heavy (non-hydrogen) atoms. The van der Waals surface area contributed by atoms with Crippen LogP contribution >= 0.6 is 0 Å². The highest BCUT2D eigenvalue weighted by molar-refractivity contribution is 5.59. The van der Waals surface area contributed by atoms with Crippen molar-refractivity contribution in [3.8, 4) is 11.8 Å². The average molecular weight is 420 g/mol. The number of anilines is 1. The van der Waals surface area contributed by atoms with Gasteiger partial charge in [0.2, 0.25) is 5.95 Å². The number of piperazine rings is 1. The van der Waals surface area contributed by atoms with Crippen LogP contribution in [0.25, 0.3) is 0 Å². The van der Waals surface area contributed by atoms with Gasteiger partial charge in [-0.1, -0.05) is 24.3 Å². The first-order valence-corrected chi connectivity index (χ1v) is 11.5. The summed E-state index contributed by atoms with van der Waals surface area (Å²) in [4.78, 5) is 13.4. The van der Waals surface area contributed by atoms with E-state index in [9.17, 15) is 10.2 Å². The van der Waals surface area contributed by atoms with Gasteiger partial charge in [-0.15, -0.1) is 0 Å². The molecule has 2 aromatic rings. The molecule has 4 atom stereocenters. The monoisotopic (exact) mass is 419 g/mol. The van der Waals surface area contributed by atoms with Crippen LogP contribution in [0, 0.1) is 11.8 Å². The van der Waals surface area contributed by atoms with Crippen molar-refractivity contribution in [3.05, 3.63) is 53.9 Å². The maximum atomic E-state index is 10.9. The van der Waals surface area contributed by atoms with Crippen molar-refractivity contribution in [2.24, 2.45) is 11.8 Å². The molecule has 7 rings (SSSR count). The van der Waals surface area contributed by atoms with E-state index in [1.807, 2.05) is 6.07 Å².